The number of nitrogens with zero attached hydrogens (tertiary/aromatic N) is 1. The number of nitro benzene ring substituents is 1. The molecule has 3 rings (SSSR count). The molecule has 1 amide bonds. The summed E-state index contributed by atoms with van der Waals surface area (Å²) in [5.41, 5.74) is 1.13. The zero-order valence-corrected chi connectivity index (χ0v) is 18.3. The number of nitrogens with one attached hydrogen (secondary N) is 1. The maximum Gasteiger partial charge on any atom is 0.329 e. The molecule has 0 spiro atoms. The Morgan fingerprint density at radius 3 is 2.12 bits per heavy atom. The van der Waals surface area contributed by atoms with Crippen LogP contribution in [0.15, 0.2) is 78.9 Å². The lowest BCUT2D eigenvalue weighted by atomic mass is 10.1. The fourth-order valence-corrected chi connectivity index (χ4v) is 3.12. The SMILES string of the molecule is COc1ccc(C(=O)NC(Cc2ccccc2)C(=O)OCC(=O)c2ccc([N+](=O)[O-])cc2)cc1. The van der Waals surface area contributed by atoms with Gasteiger partial charge in [0, 0.05) is 29.7 Å². The summed E-state index contributed by atoms with van der Waals surface area (Å²) in [4.78, 5) is 48.1. The van der Waals surface area contributed by atoms with Crippen molar-refractivity contribution in [3.05, 3.63) is 106 Å². The van der Waals surface area contributed by atoms with Gasteiger partial charge in [-0.05, 0) is 42.0 Å². The summed E-state index contributed by atoms with van der Waals surface area (Å²) < 4.78 is 10.3. The van der Waals surface area contributed by atoms with E-state index in [-0.39, 0.29) is 17.7 Å². The summed E-state index contributed by atoms with van der Waals surface area (Å²) in [5, 5.41) is 13.4. The number of non-ortho nitro benzene ring substituents is 1. The third kappa shape index (κ3) is 6.49. The Balaban J connectivity index is 1.68. The topological polar surface area (TPSA) is 125 Å². The van der Waals surface area contributed by atoms with E-state index in [4.69, 9.17) is 9.47 Å². The quantitative estimate of drug-likeness (QED) is 0.212. The van der Waals surface area contributed by atoms with Crippen molar-refractivity contribution in [2.45, 2.75) is 12.5 Å². The number of nitro groups is 1. The maximum atomic E-state index is 12.8. The fourth-order valence-electron chi connectivity index (χ4n) is 3.12. The van der Waals surface area contributed by atoms with E-state index in [1.165, 1.54) is 31.4 Å². The molecule has 34 heavy (non-hydrogen) atoms. The van der Waals surface area contributed by atoms with Crippen LogP contribution in [-0.2, 0) is 16.0 Å². The Labute approximate surface area is 195 Å². The Morgan fingerprint density at radius 1 is 0.912 bits per heavy atom. The lowest BCUT2D eigenvalue weighted by molar-refractivity contribution is -0.384. The third-order valence-electron chi connectivity index (χ3n) is 4.97. The van der Waals surface area contributed by atoms with Crippen molar-refractivity contribution in [3.63, 3.8) is 0 Å². The van der Waals surface area contributed by atoms with Gasteiger partial charge in [0.2, 0.25) is 0 Å². The molecule has 9 nitrogen and oxygen atoms in total. The molecule has 0 aliphatic heterocycles. The summed E-state index contributed by atoms with van der Waals surface area (Å²) >= 11 is 0. The minimum Gasteiger partial charge on any atom is -0.497 e. The van der Waals surface area contributed by atoms with E-state index in [1.54, 1.807) is 36.4 Å². The zero-order chi connectivity index (χ0) is 24.5. The molecule has 3 aromatic rings. The van der Waals surface area contributed by atoms with Gasteiger partial charge < -0.3 is 14.8 Å². The average molecular weight is 462 g/mol. The number of esters is 1. The standard InChI is InChI=1S/C25H22N2O7/c1-33-21-13-9-19(10-14-21)24(29)26-22(15-17-5-3-2-4-6-17)25(30)34-16-23(28)18-7-11-20(12-8-18)27(31)32/h2-14,22H,15-16H2,1H3,(H,26,29). The highest BCUT2D eigenvalue weighted by Gasteiger charge is 2.24. The molecular formula is C25H22N2O7. The number of hydrogen-bond acceptors (Lipinski definition) is 7. The third-order valence-corrected chi connectivity index (χ3v) is 4.97. The number of carbonyl (C=O) groups is 3. The summed E-state index contributed by atoms with van der Waals surface area (Å²) in [6.07, 6.45) is 0.160. The van der Waals surface area contributed by atoms with Gasteiger partial charge in [0.1, 0.15) is 11.8 Å². The van der Waals surface area contributed by atoms with E-state index < -0.39 is 35.2 Å². The van der Waals surface area contributed by atoms with Gasteiger partial charge in [-0.1, -0.05) is 30.3 Å². The summed E-state index contributed by atoms with van der Waals surface area (Å²) in [6, 6.07) is 19.4. The number of rotatable bonds is 10. The zero-order valence-electron chi connectivity index (χ0n) is 18.3. The smallest absolute Gasteiger partial charge is 0.329 e. The van der Waals surface area contributed by atoms with E-state index in [2.05, 4.69) is 5.32 Å². The van der Waals surface area contributed by atoms with Crippen molar-refractivity contribution in [2.75, 3.05) is 13.7 Å². The van der Waals surface area contributed by atoms with Gasteiger partial charge in [-0.25, -0.2) is 4.79 Å². The van der Waals surface area contributed by atoms with Gasteiger partial charge in [-0.2, -0.15) is 0 Å². The summed E-state index contributed by atoms with van der Waals surface area (Å²) in [5.74, 6) is -1.20. The van der Waals surface area contributed by atoms with Crippen LogP contribution in [0.1, 0.15) is 26.3 Å². The Hall–Kier alpha value is -4.53. The van der Waals surface area contributed by atoms with Crippen LogP contribution >= 0.6 is 0 Å². The van der Waals surface area contributed by atoms with E-state index >= 15 is 0 Å². The molecule has 0 saturated heterocycles. The van der Waals surface area contributed by atoms with Gasteiger partial charge in [0.25, 0.3) is 11.6 Å². The van der Waals surface area contributed by atoms with Crippen LogP contribution in [0.4, 0.5) is 5.69 Å². The molecule has 0 saturated carbocycles. The van der Waals surface area contributed by atoms with Gasteiger partial charge in [-0.3, -0.25) is 19.7 Å². The first kappa shape index (κ1) is 24.1. The van der Waals surface area contributed by atoms with Crippen molar-refractivity contribution in [1.82, 2.24) is 5.32 Å². The lowest BCUT2D eigenvalue weighted by Gasteiger charge is -2.18. The van der Waals surface area contributed by atoms with Gasteiger partial charge >= 0.3 is 5.97 Å². The number of ketones is 1. The molecule has 1 atom stereocenters. The van der Waals surface area contributed by atoms with E-state index in [9.17, 15) is 24.5 Å². The first-order chi connectivity index (χ1) is 16.4. The number of methoxy groups -OCH3 is 1. The van der Waals surface area contributed by atoms with Crippen molar-refractivity contribution in [2.24, 2.45) is 0 Å². The van der Waals surface area contributed by atoms with Crippen LogP contribution in [0.2, 0.25) is 0 Å². The second-order valence-electron chi connectivity index (χ2n) is 7.28. The minimum atomic E-state index is -1.04. The van der Waals surface area contributed by atoms with Gasteiger partial charge in [0.05, 0.1) is 12.0 Å². The Morgan fingerprint density at radius 2 is 1.53 bits per heavy atom. The first-order valence-corrected chi connectivity index (χ1v) is 10.3. The van der Waals surface area contributed by atoms with Crippen LogP contribution in [0.3, 0.4) is 0 Å². The van der Waals surface area contributed by atoms with Crippen LogP contribution < -0.4 is 10.1 Å². The highest BCUT2D eigenvalue weighted by atomic mass is 16.6. The average Bonchev–Trinajstić information content (AvgIpc) is 2.87. The molecule has 0 aliphatic rings. The second-order valence-corrected chi connectivity index (χ2v) is 7.28. The predicted molar refractivity (Wildman–Crippen MR) is 123 cm³/mol. The highest BCUT2D eigenvalue weighted by Crippen LogP contribution is 2.14. The molecule has 1 N–H and O–H groups in total. The molecule has 0 radical (unpaired) electrons. The second kappa shape index (κ2) is 11.4. The number of amides is 1. The van der Waals surface area contributed by atoms with Crippen molar-refractivity contribution in [3.8, 4) is 5.75 Å². The number of ether oxygens (including phenoxy) is 2. The fraction of sp³-hybridized carbons (Fsp3) is 0.160. The molecular weight excluding hydrogens is 440 g/mol. The number of Topliss-reactive ketones (excluding diaryl/α,β-unsaturated/α-hetero) is 1. The van der Waals surface area contributed by atoms with Gasteiger partial charge in [-0.15, -0.1) is 0 Å². The van der Waals surface area contributed by atoms with Crippen LogP contribution in [0.25, 0.3) is 0 Å². The van der Waals surface area contributed by atoms with Crippen LogP contribution in [-0.4, -0.2) is 42.3 Å². The summed E-state index contributed by atoms with van der Waals surface area (Å²) in [6.45, 7) is -0.569. The normalized spacial score (nSPS) is 11.2. The monoisotopic (exact) mass is 462 g/mol. The van der Waals surface area contributed by atoms with E-state index in [0.717, 1.165) is 5.56 Å². The highest BCUT2D eigenvalue weighted by molar-refractivity contribution is 5.99. The number of carbonyl (C=O) groups excluding carboxylic acids is 3. The lowest BCUT2D eigenvalue weighted by Crippen LogP contribution is -2.43. The van der Waals surface area contributed by atoms with Crippen molar-refractivity contribution < 1.29 is 28.8 Å². The largest absolute Gasteiger partial charge is 0.497 e. The van der Waals surface area contributed by atoms with Gasteiger partial charge in [0.15, 0.2) is 12.4 Å². The maximum absolute atomic E-state index is 12.8. The Bertz CT molecular complexity index is 1160. The molecule has 0 heterocycles. The predicted octanol–water partition coefficient (Wildman–Crippen LogP) is 3.37. The first-order valence-electron chi connectivity index (χ1n) is 10.3. The molecule has 0 aliphatic carbocycles. The Kier molecular flexibility index (Phi) is 8.07. The van der Waals surface area contributed by atoms with Crippen molar-refractivity contribution >= 4 is 23.3 Å². The molecule has 174 valence electrons. The number of benzene rings is 3. The molecule has 3 aromatic carbocycles. The molecule has 0 fully saturated rings. The number of hydrogen-bond donors (Lipinski definition) is 1. The van der Waals surface area contributed by atoms with Crippen LogP contribution in [0, 0.1) is 10.1 Å². The van der Waals surface area contributed by atoms with Crippen molar-refractivity contribution in [1.29, 1.82) is 0 Å². The molecule has 1 unspecified atom stereocenters. The molecule has 0 bridgehead atoms. The minimum absolute atomic E-state index is 0.155. The molecule has 0 aromatic heterocycles. The molecule has 9 heteroatoms. The van der Waals surface area contributed by atoms with Crippen LogP contribution in [0.5, 0.6) is 5.75 Å². The van der Waals surface area contributed by atoms with E-state index in [0.29, 0.717) is 11.3 Å². The summed E-state index contributed by atoms with van der Waals surface area (Å²) in [7, 11) is 1.51. The van der Waals surface area contributed by atoms with E-state index in [1.807, 2.05) is 18.2 Å².